The monoisotopic (exact) mass is 509 g/mol. The Morgan fingerprint density at radius 3 is 2.44 bits per heavy atom. The third-order valence-electron chi connectivity index (χ3n) is 6.44. The van der Waals surface area contributed by atoms with Gasteiger partial charge in [-0.1, -0.05) is 48.5 Å². The van der Waals surface area contributed by atoms with Crippen molar-refractivity contribution >= 4 is 32.6 Å². The number of hydrogen-bond acceptors (Lipinski definition) is 5. The van der Waals surface area contributed by atoms with Gasteiger partial charge in [0.05, 0.1) is 12.0 Å². The van der Waals surface area contributed by atoms with Crippen LogP contribution in [0.4, 0.5) is 0 Å². The standard InChI is InChI=1S/C27H31N3O5S/c1-19(31)28-25(18-20-7-5-10-23(17-20)35-2)27(32)29-22-13-15-30(16-14-22)36(33,34)26-12-6-9-21-8-3-4-11-24(21)26/h3-12,17,22,25H,13-16,18H2,1-2H3,(H,28,31)(H,29,32)/t25-/m0/s1. The van der Waals surface area contributed by atoms with E-state index in [9.17, 15) is 18.0 Å². The number of nitrogens with zero attached hydrogens (tertiary/aromatic N) is 1. The second-order valence-corrected chi connectivity index (χ2v) is 10.9. The first-order valence-electron chi connectivity index (χ1n) is 12.0. The summed E-state index contributed by atoms with van der Waals surface area (Å²) < 4.78 is 33.5. The number of amides is 2. The summed E-state index contributed by atoms with van der Waals surface area (Å²) in [5.41, 5.74) is 0.860. The fraction of sp³-hybridized carbons (Fsp3) is 0.333. The van der Waals surface area contributed by atoms with Crippen molar-refractivity contribution in [3.63, 3.8) is 0 Å². The Morgan fingerprint density at radius 2 is 1.72 bits per heavy atom. The molecule has 0 aromatic heterocycles. The van der Waals surface area contributed by atoms with E-state index in [1.54, 1.807) is 19.2 Å². The number of benzene rings is 3. The van der Waals surface area contributed by atoms with Crippen molar-refractivity contribution in [2.24, 2.45) is 0 Å². The number of nitrogens with one attached hydrogen (secondary N) is 2. The minimum atomic E-state index is -3.67. The van der Waals surface area contributed by atoms with Gasteiger partial charge in [-0.3, -0.25) is 9.59 Å². The Labute approximate surface area is 211 Å². The highest BCUT2D eigenvalue weighted by molar-refractivity contribution is 7.89. The van der Waals surface area contributed by atoms with E-state index in [1.165, 1.54) is 11.2 Å². The lowest BCUT2D eigenvalue weighted by Gasteiger charge is -2.32. The number of carbonyl (C=O) groups excluding carboxylic acids is 2. The van der Waals surface area contributed by atoms with Gasteiger partial charge in [-0.25, -0.2) is 8.42 Å². The molecule has 1 aliphatic rings. The lowest BCUT2D eigenvalue weighted by molar-refractivity contribution is -0.128. The number of fused-ring (bicyclic) bond motifs is 1. The molecule has 1 aliphatic heterocycles. The van der Waals surface area contributed by atoms with Crippen molar-refractivity contribution in [3.05, 3.63) is 72.3 Å². The number of methoxy groups -OCH3 is 1. The molecule has 0 unspecified atom stereocenters. The van der Waals surface area contributed by atoms with Crippen LogP contribution in [-0.4, -0.2) is 56.8 Å². The van der Waals surface area contributed by atoms with Crippen molar-refractivity contribution in [1.29, 1.82) is 0 Å². The molecule has 0 spiro atoms. The van der Waals surface area contributed by atoms with Gasteiger partial charge in [0.2, 0.25) is 21.8 Å². The third-order valence-corrected chi connectivity index (χ3v) is 8.39. The first-order chi connectivity index (χ1) is 17.3. The van der Waals surface area contributed by atoms with Crippen LogP contribution >= 0.6 is 0 Å². The van der Waals surface area contributed by atoms with Crippen LogP contribution in [0.2, 0.25) is 0 Å². The molecule has 4 rings (SSSR count). The van der Waals surface area contributed by atoms with Gasteiger partial charge in [0.1, 0.15) is 11.8 Å². The molecule has 9 heteroatoms. The molecule has 36 heavy (non-hydrogen) atoms. The van der Waals surface area contributed by atoms with E-state index >= 15 is 0 Å². The van der Waals surface area contributed by atoms with Crippen LogP contribution in [0.3, 0.4) is 0 Å². The summed E-state index contributed by atoms with van der Waals surface area (Å²) in [5, 5.41) is 7.31. The van der Waals surface area contributed by atoms with Crippen molar-refractivity contribution < 1.29 is 22.7 Å². The van der Waals surface area contributed by atoms with Gasteiger partial charge >= 0.3 is 0 Å². The van der Waals surface area contributed by atoms with Crippen LogP contribution in [0.1, 0.15) is 25.3 Å². The molecule has 1 atom stereocenters. The van der Waals surface area contributed by atoms with Crippen LogP contribution in [0.5, 0.6) is 5.75 Å². The van der Waals surface area contributed by atoms with E-state index in [0.29, 0.717) is 48.4 Å². The number of sulfonamides is 1. The molecule has 2 amide bonds. The molecule has 190 valence electrons. The van der Waals surface area contributed by atoms with E-state index in [4.69, 9.17) is 4.74 Å². The summed E-state index contributed by atoms with van der Waals surface area (Å²) in [5.74, 6) is 0.0895. The number of carbonyl (C=O) groups is 2. The van der Waals surface area contributed by atoms with Crippen LogP contribution in [0.15, 0.2) is 71.6 Å². The molecule has 0 bridgehead atoms. The Balaban J connectivity index is 1.41. The predicted molar refractivity (Wildman–Crippen MR) is 138 cm³/mol. The van der Waals surface area contributed by atoms with Gasteiger partial charge in [0.15, 0.2) is 0 Å². The molecule has 0 radical (unpaired) electrons. The molecule has 0 saturated carbocycles. The summed E-state index contributed by atoms with van der Waals surface area (Å²) in [6.07, 6.45) is 1.29. The third kappa shape index (κ3) is 5.85. The van der Waals surface area contributed by atoms with E-state index in [2.05, 4.69) is 10.6 Å². The SMILES string of the molecule is COc1cccc(C[C@H](NC(C)=O)C(=O)NC2CCN(S(=O)(=O)c3cccc4ccccc34)CC2)c1. The molecule has 3 aromatic carbocycles. The molecule has 8 nitrogen and oxygen atoms in total. The number of rotatable bonds is 8. The zero-order valence-electron chi connectivity index (χ0n) is 20.4. The summed E-state index contributed by atoms with van der Waals surface area (Å²) in [6, 6.07) is 19.2. The van der Waals surface area contributed by atoms with Crippen LogP contribution < -0.4 is 15.4 Å². The Hall–Kier alpha value is -3.43. The van der Waals surface area contributed by atoms with E-state index < -0.39 is 16.1 Å². The van der Waals surface area contributed by atoms with Gasteiger partial charge in [-0.2, -0.15) is 4.31 Å². The molecular formula is C27H31N3O5S. The number of hydrogen-bond donors (Lipinski definition) is 2. The molecule has 2 N–H and O–H groups in total. The maximum atomic E-state index is 13.4. The van der Waals surface area contributed by atoms with Gasteiger partial charge in [-0.05, 0) is 42.0 Å². The Morgan fingerprint density at radius 1 is 1.03 bits per heavy atom. The summed E-state index contributed by atoms with van der Waals surface area (Å²) in [7, 11) is -2.09. The highest BCUT2D eigenvalue weighted by Gasteiger charge is 2.32. The van der Waals surface area contributed by atoms with Gasteiger partial charge in [0.25, 0.3) is 0 Å². The highest BCUT2D eigenvalue weighted by atomic mass is 32.2. The fourth-order valence-electron chi connectivity index (χ4n) is 4.59. The predicted octanol–water partition coefficient (Wildman–Crippen LogP) is 2.87. The Kier molecular flexibility index (Phi) is 7.91. The quantitative estimate of drug-likeness (QED) is 0.486. The minimum Gasteiger partial charge on any atom is -0.497 e. The zero-order chi connectivity index (χ0) is 25.7. The lowest BCUT2D eigenvalue weighted by Crippen LogP contribution is -2.53. The highest BCUT2D eigenvalue weighted by Crippen LogP contribution is 2.27. The van der Waals surface area contributed by atoms with Crippen LogP contribution in [0, 0.1) is 0 Å². The normalized spacial score (nSPS) is 15.8. The maximum Gasteiger partial charge on any atom is 0.243 e. The van der Waals surface area contributed by atoms with Crippen LogP contribution in [0.25, 0.3) is 10.8 Å². The second kappa shape index (κ2) is 11.1. The van der Waals surface area contributed by atoms with E-state index in [1.807, 2.05) is 54.6 Å². The zero-order valence-corrected chi connectivity index (χ0v) is 21.3. The second-order valence-electron chi connectivity index (χ2n) is 8.97. The molecule has 3 aromatic rings. The summed E-state index contributed by atoms with van der Waals surface area (Å²) in [6.45, 7) is 1.98. The van der Waals surface area contributed by atoms with Gasteiger partial charge < -0.3 is 15.4 Å². The first-order valence-corrected chi connectivity index (χ1v) is 13.4. The minimum absolute atomic E-state index is 0.182. The number of piperidine rings is 1. The van der Waals surface area contributed by atoms with Gasteiger partial charge in [-0.15, -0.1) is 0 Å². The van der Waals surface area contributed by atoms with Crippen molar-refractivity contribution in [2.45, 2.75) is 43.2 Å². The molecule has 1 saturated heterocycles. The largest absolute Gasteiger partial charge is 0.497 e. The maximum absolute atomic E-state index is 13.4. The molecular weight excluding hydrogens is 478 g/mol. The Bertz CT molecular complexity index is 1350. The lowest BCUT2D eigenvalue weighted by atomic mass is 10.0. The molecule has 0 aliphatic carbocycles. The van der Waals surface area contributed by atoms with Crippen LogP contribution in [-0.2, 0) is 26.0 Å². The molecule has 1 fully saturated rings. The van der Waals surface area contributed by atoms with E-state index in [0.717, 1.165) is 10.9 Å². The topological polar surface area (TPSA) is 105 Å². The smallest absolute Gasteiger partial charge is 0.243 e. The number of ether oxygens (including phenoxy) is 1. The molecule has 1 heterocycles. The average Bonchev–Trinajstić information content (AvgIpc) is 2.88. The van der Waals surface area contributed by atoms with E-state index in [-0.39, 0.29) is 17.9 Å². The fourth-order valence-corrected chi connectivity index (χ4v) is 6.28. The summed E-state index contributed by atoms with van der Waals surface area (Å²) >= 11 is 0. The average molecular weight is 510 g/mol. The summed E-state index contributed by atoms with van der Waals surface area (Å²) in [4.78, 5) is 25.1. The van der Waals surface area contributed by atoms with Crippen molar-refractivity contribution in [1.82, 2.24) is 14.9 Å². The first kappa shape index (κ1) is 25.7. The van der Waals surface area contributed by atoms with Gasteiger partial charge in [0, 0.05) is 37.9 Å². The van der Waals surface area contributed by atoms with Crippen molar-refractivity contribution in [3.8, 4) is 5.75 Å². The van der Waals surface area contributed by atoms with Crippen molar-refractivity contribution in [2.75, 3.05) is 20.2 Å².